The number of anilines is 1. The normalized spacial score (nSPS) is 28.6. The summed E-state index contributed by atoms with van der Waals surface area (Å²) in [6, 6.07) is 6.25. The molecule has 2 atom stereocenters. The zero-order valence-electron chi connectivity index (χ0n) is 12.7. The van der Waals surface area contributed by atoms with Crippen LogP contribution in [0.25, 0.3) is 0 Å². The first-order valence-electron chi connectivity index (χ1n) is 7.44. The number of nitrogens with one attached hydrogen (secondary N) is 1. The Morgan fingerprint density at radius 1 is 1.14 bits per heavy atom. The molecule has 0 radical (unpaired) electrons. The number of hydrogen-bond donors (Lipinski definition) is 1. The van der Waals surface area contributed by atoms with Gasteiger partial charge in [0.1, 0.15) is 11.5 Å². The fourth-order valence-electron chi connectivity index (χ4n) is 3.14. The third-order valence-electron chi connectivity index (χ3n) is 4.28. The molecule has 2 aliphatic heterocycles. The first kappa shape index (κ1) is 14.5. The van der Waals surface area contributed by atoms with Crippen LogP contribution in [0, 0.1) is 0 Å². The number of ether oxygens (including phenoxy) is 4. The summed E-state index contributed by atoms with van der Waals surface area (Å²) in [7, 11) is 3.33. The van der Waals surface area contributed by atoms with E-state index in [-0.39, 0.29) is 5.60 Å². The third-order valence-corrected chi connectivity index (χ3v) is 4.28. The SMILES string of the molecule is COc1cc(NC2CCOC3(CCOC3)C2)cc(OC)c1. The molecule has 116 valence electrons. The smallest absolute Gasteiger partial charge is 0.124 e. The number of benzene rings is 1. The largest absolute Gasteiger partial charge is 0.497 e. The van der Waals surface area contributed by atoms with Gasteiger partial charge in [-0.3, -0.25) is 0 Å². The average Bonchev–Trinajstić information content (AvgIpc) is 2.94. The lowest BCUT2D eigenvalue weighted by Gasteiger charge is -2.37. The van der Waals surface area contributed by atoms with E-state index >= 15 is 0 Å². The lowest BCUT2D eigenvalue weighted by atomic mass is 9.89. The van der Waals surface area contributed by atoms with Gasteiger partial charge in [-0.1, -0.05) is 0 Å². The van der Waals surface area contributed by atoms with Crippen LogP contribution in [0.15, 0.2) is 18.2 Å². The Kier molecular flexibility index (Phi) is 4.22. The molecule has 2 heterocycles. The summed E-state index contributed by atoms with van der Waals surface area (Å²) in [5.74, 6) is 1.59. The second kappa shape index (κ2) is 6.12. The van der Waals surface area contributed by atoms with E-state index in [1.807, 2.05) is 18.2 Å². The van der Waals surface area contributed by atoms with E-state index in [0.717, 1.165) is 49.7 Å². The van der Waals surface area contributed by atoms with Crippen LogP contribution in [-0.4, -0.2) is 45.7 Å². The molecule has 5 heteroatoms. The molecule has 0 bridgehead atoms. The summed E-state index contributed by atoms with van der Waals surface area (Å²) in [5.41, 5.74) is 0.936. The monoisotopic (exact) mass is 293 g/mol. The molecule has 3 rings (SSSR count). The van der Waals surface area contributed by atoms with E-state index in [9.17, 15) is 0 Å². The van der Waals surface area contributed by atoms with Crippen molar-refractivity contribution in [1.29, 1.82) is 0 Å². The van der Waals surface area contributed by atoms with Gasteiger partial charge in [-0.05, 0) is 12.8 Å². The van der Waals surface area contributed by atoms with Gasteiger partial charge in [-0.15, -0.1) is 0 Å². The fraction of sp³-hybridized carbons (Fsp3) is 0.625. The van der Waals surface area contributed by atoms with Crippen molar-refractivity contribution in [2.24, 2.45) is 0 Å². The van der Waals surface area contributed by atoms with Crippen molar-refractivity contribution in [2.45, 2.75) is 30.9 Å². The van der Waals surface area contributed by atoms with Crippen molar-refractivity contribution in [3.05, 3.63) is 18.2 Å². The Hall–Kier alpha value is -1.46. The minimum Gasteiger partial charge on any atom is -0.497 e. The number of methoxy groups -OCH3 is 2. The van der Waals surface area contributed by atoms with Gasteiger partial charge < -0.3 is 24.3 Å². The molecule has 21 heavy (non-hydrogen) atoms. The van der Waals surface area contributed by atoms with Crippen molar-refractivity contribution < 1.29 is 18.9 Å². The Balaban J connectivity index is 1.70. The maximum Gasteiger partial charge on any atom is 0.124 e. The van der Waals surface area contributed by atoms with Crippen molar-refractivity contribution in [2.75, 3.05) is 39.4 Å². The zero-order chi connectivity index (χ0) is 14.7. The maximum absolute atomic E-state index is 5.97. The van der Waals surface area contributed by atoms with Crippen LogP contribution in [0.4, 0.5) is 5.69 Å². The van der Waals surface area contributed by atoms with Gasteiger partial charge in [0.15, 0.2) is 0 Å². The van der Waals surface area contributed by atoms with E-state index < -0.39 is 0 Å². The molecule has 5 nitrogen and oxygen atoms in total. The quantitative estimate of drug-likeness (QED) is 0.924. The number of rotatable bonds is 4. The summed E-state index contributed by atoms with van der Waals surface area (Å²) in [6.45, 7) is 2.30. The predicted molar refractivity (Wildman–Crippen MR) is 80.3 cm³/mol. The summed E-state index contributed by atoms with van der Waals surface area (Å²) in [5, 5.41) is 3.59. The molecule has 2 unspecified atom stereocenters. The standard InChI is InChI=1S/C16H23NO4/c1-18-14-7-13(8-15(9-14)19-2)17-12-3-5-21-16(10-12)4-6-20-11-16/h7-9,12,17H,3-6,10-11H2,1-2H3. The predicted octanol–water partition coefficient (Wildman–Crippen LogP) is 2.45. The molecule has 1 aromatic carbocycles. The van der Waals surface area contributed by atoms with Crippen LogP contribution >= 0.6 is 0 Å². The van der Waals surface area contributed by atoms with Crippen LogP contribution in [-0.2, 0) is 9.47 Å². The summed E-state index contributed by atoms with van der Waals surface area (Å²) < 4.78 is 22.1. The van der Waals surface area contributed by atoms with Gasteiger partial charge in [0.25, 0.3) is 0 Å². The van der Waals surface area contributed by atoms with Gasteiger partial charge in [-0.25, -0.2) is 0 Å². The molecule has 2 aliphatic rings. The van der Waals surface area contributed by atoms with E-state index in [1.54, 1.807) is 14.2 Å². The second-order valence-corrected chi connectivity index (χ2v) is 5.77. The lowest BCUT2D eigenvalue weighted by molar-refractivity contribution is -0.0828. The Morgan fingerprint density at radius 2 is 1.90 bits per heavy atom. The van der Waals surface area contributed by atoms with Crippen LogP contribution in [0.2, 0.25) is 0 Å². The number of hydrogen-bond acceptors (Lipinski definition) is 5. The Bertz CT molecular complexity index is 463. The van der Waals surface area contributed by atoms with Crippen LogP contribution in [0.5, 0.6) is 11.5 Å². The fourth-order valence-corrected chi connectivity index (χ4v) is 3.14. The van der Waals surface area contributed by atoms with Crippen LogP contribution in [0.3, 0.4) is 0 Å². The van der Waals surface area contributed by atoms with E-state index in [4.69, 9.17) is 18.9 Å². The van der Waals surface area contributed by atoms with Crippen molar-refractivity contribution >= 4 is 5.69 Å². The zero-order valence-corrected chi connectivity index (χ0v) is 12.7. The summed E-state index contributed by atoms with van der Waals surface area (Å²) >= 11 is 0. The van der Waals surface area contributed by atoms with Crippen LogP contribution < -0.4 is 14.8 Å². The third kappa shape index (κ3) is 3.24. The van der Waals surface area contributed by atoms with E-state index in [0.29, 0.717) is 12.6 Å². The Morgan fingerprint density at radius 3 is 2.52 bits per heavy atom. The lowest BCUT2D eigenvalue weighted by Crippen LogP contribution is -2.44. The highest BCUT2D eigenvalue weighted by Crippen LogP contribution is 2.35. The highest BCUT2D eigenvalue weighted by molar-refractivity contribution is 5.54. The minimum absolute atomic E-state index is 0.0845. The van der Waals surface area contributed by atoms with E-state index in [2.05, 4.69) is 5.32 Å². The summed E-state index contributed by atoms with van der Waals surface area (Å²) in [6.07, 6.45) is 2.97. The molecule has 1 spiro atoms. The highest BCUT2D eigenvalue weighted by Gasteiger charge is 2.41. The van der Waals surface area contributed by atoms with Crippen molar-refractivity contribution in [3.63, 3.8) is 0 Å². The van der Waals surface area contributed by atoms with Gasteiger partial charge in [-0.2, -0.15) is 0 Å². The molecule has 2 fully saturated rings. The molecular formula is C16H23NO4. The second-order valence-electron chi connectivity index (χ2n) is 5.77. The maximum atomic E-state index is 5.97. The minimum atomic E-state index is -0.0845. The molecule has 2 saturated heterocycles. The van der Waals surface area contributed by atoms with Crippen molar-refractivity contribution in [3.8, 4) is 11.5 Å². The molecule has 0 aliphatic carbocycles. The molecule has 0 aromatic heterocycles. The van der Waals surface area contributed by atoms with Gasteiger partial charge in [0, 0.05) is 49.6 Å². The molecule has 0 amide bonds. The van der Waals surface area contributed by atoms with Gasteiger partial charge in [0.05, 0.1) is 26.4 Å². The van der Waals surface area contributed by atoms with Crippen LogP contribution in [0.1, 0.15) is 19.3 Å². The Labute approximate surface area is 125 Å². The first-order chi connectivity index (χ1) is 10.2. The molecule has 1 N–H and O–H groups in total. The van der Waals surface area contributed by atoms with Crippen molar-refractivity contribution in [1.82, 2.24) is 0 Å². The molecule has 1 aromatic rings. The molecular weight excluding hydrogens is 270 g/mol. The topological polar surface area (TPSA) is 49.0 Å². The van der Waals surface area contributed by atoms with Gasteiger partial charge >= 0.3 is 0 Å². The average molecular weight is 293 g/mol. The van der Waals surface area contributed by atoms with Gasteiger partial charge in [0.2, 0.25) is 0 Å². The first-order valence-corrected chi connectivity index (χ1v) is 7.44. The molecule has 0 saturated carbocycles. The highest BCUT2D eigenvalue weighted by atomic mass is 16.6. The summed E-state index contributed by atoms with van der Waals surface area (Å²) in [4.78, 5) is 0. The van der Waals surface area contributed by atoms with E-state index in [1.165, 1.54) is 0 Å².